The molecular weight excluding hydrogens is 266 g/mol. The van der Waals surface area contributed by atoms with Crippen LogP contribution in [0.5, 0.6) is 0 Å². The van der Waals surface area contributed by atoms with Crippen molar-refractivity contribution >= 4 is 23.4 Å². The highest BCUT2D eigenvalue weighted by molar-refractivity contribution is 6.31. The number of halogens is 1. The third-order valence-corrected chi connectivity index (χ3v) is 2.66. The number of nitrogens with one attached hydrogen (secondary N) is 1. The van der Waals surface area contributed by atoms with Gasteiger partial charge in [-0.25, -0.2) is 4.79 Å². The molecule has 0 aliphatic rings. The number of carbonyl (C=O) groups is 1. The summed E-state index contributed by atoms with van der Waals surface area (Å²) in [5.41, 5.74) is 0.992. The van der Waals surface area contributed by atoms with Gasteiger partial charge in [0.1, 0.15) is 5.60 Å². The summed E-state index contributed by atoms with van der Waals surface area (Å²) in [7, 11) is 0. The number of rotatable bonds is 4. The van der Waals surface area contributed by atoms with E-state index >= 15 is 0 Å². The van der Waals surface area contributed by atoms with Gasteiger partial charge in [0, 0.05) is 17.3 Å². The highest BCUT2D eigenvalue weighted by atomic mass is 35.5. The van der Waals surface area contributed by atoms with Crippen LogP contribution in [0, 0.1) is 0 Å². The molecule has 4 nitrogen and oxygen atoms in total. The summed E-state index contributed by atoms with van der Waals surface area (Å²) >= 11 is 6.05. The van der Waals surface area contributed by atoms with Crippen LogP contribution < -0.4 is 5.32 Å². The van der Waals surface area contributed by atoms with Crippen LogP contribution >= 0.6 is 11.6 Å². The molecule has 0 aliphatic carbocycles. The lowest BCUT2D eigenvalue weighted by atomic mass is 10.1. The molecule has 106 valence electrons. The van der Waals surface area contributed by atoms with Crippen molar-refractivity contribution in [1.82, 2.24) is 0 Å². The van der Waals surface area contributed by atoms with Crippen LogP contribution in [0.4, 0.5) is 10.5 Å². The van der Waals surface area contributed by atoms with Crippen LogP contribution in [0.3, 0.4) is 0 Å². The van der Waals surface area contributed by atoms with Crippen molar-refractivity contribution in [1.29, 1.82) is 0 Å². The Balaban J connectivity index is 2.71. The zero-order valence-electron chi connectivity index (χ0n) is 11.5. The van der Waals surface area contributed by atoms with Gasteiger partial charge in [0.25, 0.3) is 0 Å². The fourth-order valence-electron chi connectivity index (χ4n) is 1.54. The molecule has 1 amide bonds. The van der Waals surface area contributed by atoms with Crippen molar-refractivity contribution in [2.24, 2.45) is 0 Å². The molecule has 1 rings (SSSR count). The zero-order chi connectivity index (χ0) is 14.5. The van der Waals surface area contributed by atoms with E-state index in [1.54, 1.807) is 39.0 Å². The van der Waals surface area contributed by atoms with Gasteiger partial charge in [-0.1, -0.05) is 11.6 Å². The van der Waals surface area contributed by atoms with Crippen molar-refractivity contribution in [2.45, 2.75) is 39.2 Å². The lowest BCUT2D eigenvalue weighted by Gasteiger charge is -2.20. The molecule has 0 saturated carbocycles. The maximum absolute atomic E-state index is 11.6. The number of aryl methyl sites for hydroxylation is 1. The van der Waals surface area contributed by atoms with Crippen molar-refractivity contribution in [3.05, 3.63) is 28.8 Å². The highest BCUT2D eigenvalue weighted by Crippen LogP contribution is 2.22. The van der Waals surface area contributed by atoms with Gasteiger partial charge in [0.2, 0.25) is 0 Å². The lowest BCUT2D eigenvalue weighted by Crippen LogP contribution is -2.27. The molecule has 1 aromatic carbocycles. The van der Waals surface area contributed by atoms with Crippen LogP contribution in [-0.4, -0.2) is 23.4 Å². The first-order valence-electron chi connectivity index (χ1n) is 6.21. The molecule has 0 spiro atoms. The van der Waals surface area contributed by atoms with Crippen LogP contribution in [0.15, 0.2) is 18.2 Å². The number of anilines is 1. The number of hydrogen-bond acceptors (Lipinski definition) is 3. The summed E-state index contributed by atoms with van der Waals surface area (Å²) in [6.45, 7) is 5.53. The number of carbonyl (C=O) groups excluding carboxylic acids is 1. The van der Waals surface area contributed by atoms with Gasteiger partial charge >= 0.3 is 6.09 Å². The van der Waals surface area contributed by atoms with Crippen LogP contribution in [0.25, 0.3) is 0 Å². The summed E-state index contributed by atoms with van der Waals surface area (Å²) < 4.78 is 5.17. The molecule has 0 unspecified atom stereocenters. The fraction of sp³-hybridized carbons (Fsp3) is 0.500. The minimum atomic E-state index is -0.532. The van der Waals surface area contributed by atoms with E-state index in [1.165, 1.54) is 0 Å². The Morgan fingerprint density at radius 2 is 2.11 bits per heavy atom. The number of amides is 1. The predicted octanol–water partition coefficient (Wildman–Crippen LogP) is 3.61. The molecule has 0 atom stereocenters. The second-order valence-electron chi connectivity index (χ2n) is 5.26. The monoisotopic (exact) mass is 285 g/mol. The van der Waals surface area contributed by atoms with Gasteiger partial charge in [0.15, 0.2) is 0 Å². The van der Waals surface area contributed by atoms with Crippen LogP contribution in [0.1, 0.15) is 32.8 Å². The number of aliphatic hydroxyl groups is 1. The van der Waals surface area contributed by atoms with Crippen LogP contribution in [-0.2, 0) is 11.2 Å². The molecule has 0 fully saturated rings. The first kappa shape index (κ1) is 15.8. The van der Waals surface area contributed by atoms with Gasteiger partial charge in [-0.05, 0) is 57.4 Å². The van der Waals surface area contributed by atoms with E-state index in [9.17, 15) is 4.79 Å². The molecular formula is C14H20ClNO3. The Kier molecular flexibility index (Phi) is 5.63. The van der Waals surface area contributed by atoms with E-state index in [1.807, 2.05) is 0 Å². The van der Waals surface area contributed by atoms with E-state index in [4.69, 9.17) is 21.4 Å². The van der Waals surface area contributed by atoms with E-state index in [0.29, 0.717) is 23.6 Å². The van der Waals surface area contributed by atoms with E-state index in [0.717, 1.165) is 5.56 Å². The zero-order valence-corrected chi connectivity index (χ0v) is 12.3. The SMILES string of the molecule is CC(C)(C)OC(=O)Nc1ccc(Cl)c(CCCO)c1. The summed E-state index contributed by atoms with van der Waals surface area (Å²) in [5.74, 6) is 0. The first-order valence-corrected chi connectivity index (χ1v) is 6.59. The minimum Gasteiger partial charge on any atom is -0.444 e. The molecule has 0 bridgehead atoms. The third-order valence-electron chi connectivity index (χ3n) is 2.30. The van der Waals surface area contributed by atoms with E-state index in [2.05, 4.69) is 5.32 Å². The normalized spacial score (nSPS) is 11.2. The predicted molar refractivity (Wildman–Crippen MR) is 76.7 cm³/mol. The Labute approximate surface area is 118 Å². The summed E-state index contributed by atoms with van der Waals surface area (Å²) in [5, 5.41) is 12.1. The standard InChI is InChI=1S/C14H20ClNO3/c1-14(2,3)19-13(18)16-11-6-7-12(15)10(9-11)5-4-8-17/h6-7,9,17H,4-5,8H2,1-3H3,(H,16,18). The Bertz CT molecular complexity index is 441. The fourth-order valence-corrected chi connectivity index (χ4v) is 1.75. The molecule has 0 saturated heterocycles. The Morgan fingerprint density at radius 3 is 2.68 bits per heavy atom. The Hall–Kier alpha value is -1.26. The van der Waals surface area contributed by atoms with E-state index < -0.39 is 11.7 Å². The molecule has 2 N–H and O–H groups in total. The lowest BCUT2D eigenvalue weighted by molar-refractivity contribution is 0.0636. The number of hydrogen-bond donors (Lipinski definition) is 2. The molecule has 0 aliphatic heterocycles. The van der Waals surface area contributed by atoms with Crippen molar-refractivity contribution in [3.63, 3.8) is 0 Å². The molecule has 5 heteroatoms. The van der Waals surface area contributed by atoms with Gasteiger partial charge in [0.05, 0.1) is 0 Å². The second-order valence-corrected chi connectivity index (χ2v) is 5.67. The molecule has 1 aromatic rings. The van der Waals surface area contributed by atoms with Gasteiger partial charge in [-0.3, -0.25) is 5.32 Å². The summed E-state index contributed by atoms with van der Waals surface area (Å²) in [6.07, 6.45) is 0.803. The molecule has 0 aromatic heterocycles. The summed E-state index contributed by atoms with van der Waals surface area (Å²) in [4.78, 5) is 11.6. The van der Waals surface area contributed by atoms with Gasteiger partial charge in [-0.2, -0.15) is 0 Å². The average molecular weight is 286 g/mol. The van der Waals surface area contributed by atoms with Crippen molar-refractivity contribution in [3.8, 4) is 0 Å². The maximum atomic E-state index is 11.6. The Morgan fingerprint density at radius 1 is 1.42 bits per heavy atom. The topological polar surface area (TPSA) is 58.6 Å². The molecule has 0 heterocycles. The van der Waals surface area contributed by atoms with Crippen molar-refractivity contribution < 1.29 is 14.6 Å². The quantitative estimate of drug-likeness (QED) is 0.888. The second kappa shape index (κ2) is 6.78. The van der Waals surface area contributed by atoms with Crippen molar-refractivity contribution in [2.75, 3.05) is 11.9 Å². The summed E-state index contributed by atoms with van der Waals surface area (Å²) in [6, 6.07) is 5.23. The largest absolute Gasteiger partial charge is 0.444 e. The average Bonchev–Trinajstić information content (AvgIpc) is 2.27. The number of ether oxygens (including phenoxy) is 1. The molecule has 0 radical (unpaired) electrons. The van der Waals surface area contributed by atoms with Gasteiger partial charge in [-0.15, -0.1) is 0 Å². The van der Waals surface area contributed by atoms with E-state index in [-0.39, 0.29) is 6.61 Å². The maximum Gasteiger partial charge on any atom is 0.412 e. The smallest absolute Gasteiger partial charge is 0.412 e. The number of aliphatic hydroxyl groups excluding tert-OH is 1. The minimum absolute atomic E-state index is 0.111. The third kappa shape index (κ3) is 5.94. The molecule has 19 heavy (non-hydrogen) atoms. The highest BCUT2D eigenvalue weighted by Gasteiger charge is 2.16. The van der Waals surface area contributed by atoms with Crippen LogP contribution in [0.2, 0.25) is 5.02 Å². The first-order chi connectivity index (χ1) is 8.81. The van der Waals surface area contributed by atoms with Gasteiger partial charge < -0.3 is 9.84 Å². The number of benzene rings is 1.